The molecule has 1 N–H and O–H groups in total. The van der Waals surface area contributed by atoms with Crippen molar-refractivity contribution < 1.29 is 9.53 Å². The molecule has 1 aromatic rings. The number of carbonyl (C=O) groups is 1. The van der Waals surface area contributed by atoms with Gasteiger partial charge in [-0.1, -0.05) is 18.2 Å². The van der Waals surface area contributed by atoms with Crippen LogP contribution in [0.2, 0.25) is 0 Å². The Kier molecular flexibility index (Phi) is 4.73. The molecule has 1 fully saturated rings. The van der Waals surface area contributed by atoms with Crippen molar-refractivity contribution in [2.75, 3.05) is 39.3 Å². The number of esters is 1. The number of hydrogen-bond acceptors (Lipinski definition) is 4. The van der Waals surface area contributed by atoms with E-state index in [0.29, 0.717) is 12.2 Å². The van der Waals surface area contributed by atoms with E-state index in [1.54, 1.807) is 0 Å². The highest BCUT2D eigenvalue weighted by atomic mass is 16.5. The number of rotatable bonds is 4. The van der Waals surface area contributed by atoms with Crippen LogP contribution in [0.4, 0.5) is 0 Å². The summed E-state index contributed by atoms with van der Waals surface area (Å²) >= 11 is 0. The smallest absolute Gasteiger partial charge is 0.338 e. The summed E-state index contributed by atoms with van der Waals surface area (Å²) in [6.07, 6.45) is 0. The second kappa shape index (κ2) is 6.52. The highest BCUT2D eigenvalue weighted by Gasteiger charge is 2.12. The Morgan fingerprint density at radius 1 is 1.33 bits per heavy atom. The Balaban J connectivity index is 1.76. The topological polar surface area (TPSA) is 41.6 Å². The molecule has 0 spiro atoms. The number of hydrogen-bond donors (Lipinski definition) is 1. The predicted octanol–water partition coefficient (Wildman–Crippen LogP) is 1.06. The molecule has 98 valence electrons. The average molecular weight is 248 g/mol. The molecule has 0 aromatic heterocycles. The molecule has 0 radical (unpaired) electrons. The third kappa shape index (κ3) is 3.55. The van der Waals surface area contributed by atoms with Crippen LogP contribution in [-0.2, 0) is 4.74 Å². The normalized spacial score (nSPS) is 16.5. The second-order valence-electron chi connectivity index (χ2n) is 4.54. The van der Waals surface area contributed by atoms with Crippen LogP contribution in [-0.4, -0.2) is 50.2 Å². The molecule has 18 heavy (non-hydrogen) atoms. The van der Waals surface area contributed by atoms with E-state index in [-0.39, 0.29) is 5.97 Å². The van der Waals surface area contributed by atoms with Gasteiger partial charge >= 0.3 is 5.97 Å². The zero-order valence-electron chi connectivity index (χ0n) is 10.8. The van der Waals surface area contributed by atoms with E-state index in [4.69, 9.17) is 4.74 Å². The first-order valence-electron chi connectivity index (χ1n) is 6.43. The Morgan fingerprint density at radius 3 is 2.78 bits per heavy atom. The van der Waals surface area contributed by atoms with E-state index >= 15 is 0 Å². The summed E-state index contributed by atoms with van der Waals surface area (Å²) in [4.78, 5) is 14.2. The van der Waals surface area contributed by atoms with E-state index < -0.39 is 0 Å². The predicted molar refractivity (Wildman–Crippen MR) is 70.8 cm³/mol. The number of ether oxygens (including phenoxy) is 1. The molecule has 4 heteroatoms. The number of nitrogens with zero attached hydrogens (tertiary/aromatic N) is 1. The van der Waals surface area contributed by atoms with Gasteiger partial charge < -0.3 is 10.1 Å². The van der Waals surface area contributed by atoms with Crippen LogP contribution in [0.1, 0.15) is 15.9 Å². The maximum atomic E-state index is 11.9. The van der Waals surface area contributed by atoms with Gasteiger partial charge in [-0.05, 0) is 18.6 Å². The zero-order chi connectivity index (χ0) is 12.8. The van der Waals surface area contributed by atoms with Crippen LogP contribution in [0.25, 0.3) is 0 Å². The summed E-state index contributed by atoms with van der Waals surface area (Å²) in [5.74, 6) is -0.219. The van der Waals surface area contributed by atoms with Gasteiger partial charge in [-0.25, -0.2) is 4.79 Å². The summed E-state index contributed by atoms with van der Waals surface area (Å²) < 4.78 is 5.31. The Morgan fingerprint density at radius 2 is 2.06 bits per heavy atom. The van der Waals surface area contributed by atoms with Crippen LogP contribution < -0.4 is 5.32 Å². The van der Waals surface area contributed by atoms with E-state index in [1.165, 1.54) is 0 Å². The van der Waals surface area contributed by atoms with Crippen LogP contribution >= 0.6 is 0 Å². The lowest BCUT2D eigenvalue weighted by atomic mass is 10.1. The van der Waals surface area contributed by atoms with Crippen LogP contribution in [0.3, 0.4) is 0 Å². The molecular weight excluding hydrogens is 228 g/mol. The minimum absolute atomic E-state index is 0.219. The van der Waals surface area contributed by atoms with Gasteiger partial charge in [-0.15, -0.1) is 0 Å². The summed E-state index contributed by atoms with van der Waals surface area (Å²) in [7, 11) is 0. The van der Waals surface area contributed by atoms with E-state index in [9.17, 15) is 4.79 Å². The molecule has 1 aromatic carbocycles. The van der Waals surface area contributed by atoms with Crippen molar-refractivity contribution in [1.82, 2.24) is 10.2 Å². The first-order valence-corrected chi connectivity index (χ1v) is 6.43. The van der Waals surface area contributed by atoms with Gasteiger partial charge in [-0.2, -0.15) is 0 Å². The highest BCUT2D eigenvalue weighted by Crippen LogP contribution is 2.08. The number of piperazine rings is 1. The molecule has 1 aliphatic heterocycles. The molecule has 4 nitrogen and oxygen atoms in total. The van der Waals surface area contributed by atoms with Crippen molar-refractivity contribution >= 4 is 5.97 Å². The van der Waals surface area contributed by atoms with Crippen molar-refractivity contribution in [3.63, 3.8) is 0 Å². The fourth-order valence-electron chi connectivity index (χ4n) is 2.08. The first-order chi connectivity index (χ1) is 8.77. The van der Waals surface area contributed by atoms with Crippen LogP contribution in [0, 0.1) is 6.92 Å². The first kappa shape index (κ1) is 13.1. The van der Waals surface area contributed by atoms with Gasteiger partial charge in [0.25, 0.3) is 0 Å². The summed E-state index contributed by atoms with van der Waals surface area (Å²) in [5, 5.41) is 3.30. The molecular formula is C14H20N2O2. The van der Waals surface area contributed by atoms with Crippen molar-refractivity contribution in [1.29, 1.82) is 0 Å². The Labute approximate surface area is 108 Å². The lowest BCUT2D eigenvalue weighted by Crippen LogP contribution is -2.44. The van der Waals surface area contributed by atoms with Crippen molar-refractivity contribution in [3.8, 4) is 0 Å². The lowest BCUT2D eigenvalue weighted by Gasteiger charge is -2.26. The number of nitrogens with one attached hydrogen (secondary N) is 1. The van der Waals surface area contributed by atoms with E-state index in [2.05, 4.69) is 10.2 Å². The van der Waals surface area contributed by atoms with Gasteiger partial charge in [0.15, 0.2) is 0 Å². The Bertz CT molecular complexity index is 401. The maximum absolute atomic E-state index is 11.9. The van der Waals surface area contributed by atoms with Crippen molar-refractivity contribution in [3.05, 3.63) is 35.4 Å². The fraction of sp³-hybridized carbons (Fsp3) is 0.500. The standard InChI is InChI=1S/C14H20N2O2/c1-12-4-2-3-5-13(12)14(17)18-11-10-16-8-6-15-7-9-16/h2-5,15H,6-11H2,1H3. The minimum Gasteiger partial charge on any atom is -0.461 e. The quantitative estimate of drug-likeness (QED) is 0.809. The molecule has 2 rings (SSSR count). The van der Waals surface area contributed by atoms with Gasteiger partial charge in [-0.3, -0.25) is 4.90 Å². The number of aryl methyl sites for hydroxylation is 1. The molecule has 1 saturated heterocycles. The molecule has 1 heterocycles. The molecule has 0 atom stereocenters. The zero-order valence-corrected chi connectivity index (χ0v) is 10.8. The maximum Gasteiger partial charge on any atom is 0.338 e. The van der Waals surface area contributed by atoms with Gasteiger partial charge in [0, 0.05) is 32.7 Å². The lowest BCUT2D eigenvalue weighted by molar-refractivity contribution is 0.0455. The van der Waals surface area contributed by atoms with Crippen molar-refractivity contribution in [2.45, 2.75) is 6.92 Å². The molecule has 0 amide bonds. The Hall–Kier alpha value is -1.39. The van der Waals surface area contributed by atoms with Crippen LogP contribution in [0.15, 0.2) is 24.3 Å². The minimum atomic E-state index is -0.219. The number of carbonyl (C=O) groups excluding carboxylic acids is 1. The van der Waals surface area contributed by atoms with E-state index in [0.717, 1.165) is 38.3 Å². The largest absolute Gasteiger partial charge is 0.461 e. The monoisotopic (exact) mass is 248 g/mol. The second-order valence-corrected chi connectivity index (χ2v) is 4.54. The average Bonchev–Trinajstić information content (AvgIpc) is 2.40. The highest BCUT2D eigenvalue weighted by molar-refractivity contribution is 5.90. The summed E-state index contributed by atoms with van der Waals surface area (Å²) in [6, 6.07) is 7.52. The molecule has 0 bridgehead atoms. The SMILES string of the molecule is Cc1ccccc1C(=O)OCCN1CCNCC1. The molecule has 0 unspecified atom stereocenters. The third-order valence-corrected chi connectivity index (χ3v) is 3.22. The fourth-order valence-corrected chi connectivity index (χ4v) is 2.08. The molecule has 0 aliphatic carbocycles. The van der Waals surface area contributed by atoms with Crippen LogP contribution in [0.5, 0.6) is 0 Å². The van der Waals surface area contributed by atoms with Gasteiger partial charge in [0.2, 0.25) is 0 Å². The number of benzene rings is 1. The van der Waals surface area contributed by atoms with Crippen molar-refractivity contribution in [2.24, 2.45) is 0 Å². The molecule has 1 aliphatic rings. The molecule has 0 saturated carbocycles. The van der Waals surface area contributed by atoms with E-state index in [1.807, 2.05) is 31.2 Å². The van der Waals surface area contributed by atoms with Gasteiger partial charge in [0.1, 0.15) is 6.61 Å². The van der Waals surface area contributed by atoms with Gasteiger partial charge in [0.05, 0.1) is 5.56 Å². The summed E-state index contributed by atoms with van der Waals surface area (Å²) in [5.41, 5.74) is 1.63. The third-order valence-electron chi connectivity index (χ3n) is 3.22. The summed E-state index contributed by atoms with van der Waals surface area (Å²) in [6.45, 7) is 7.31.